The van der Waals surface area contributed by atoms with Crippen molar-refractivity contribution in [1.82, 2.24) is 0 Å². The molecule has 4 nitrogen and oxygen atoms in total. The number of carbonyl (C=O) groups is 1. The van der Waals surface area contributed by atoms with Gasteiger partial charge in [-0.15, -0.1) is 0 Å². The molecule has 4 heteroatoms. The highest BCUT2D eigenvalue weighted by molar-refractivity contribution is 5.85. The number of hydrogen-bond acceptors (Lipinski definition) is 3. The van der Waals surface area contributed by atoms with Gasteiger partial charge < -0.3 is 9.84 Å². The maximum absolute atomic E-state index is 10.7. The summed E-state index contributed by atoms with van der Waals surface area (Å²) in [6.45, 7) is 4.17. The monoisotopic (exact) mass is 421 g/mol. The van der Waals surface area contributed by atoms with Gasteiger partial charge in [-0.3, -0.25) is 0 Å². The van der Waals surface area contributed by atoms with Crippen LogP contribution in [0.3, 0.4) is 0 Å². The van der Waals surface area contributed by atoms with Gasteiger partial charge in [-0.05, 0) is 36.5 Å². The van der Waals surface area contributed by atoms with Crippen molar-refractivity contribution in [2.24, 2.45) is 0 Å². The van der Waals surface area contributed by atoms with Gasteiger partial charge in [0, 0.05) is 18.6 Å². The van der Waals surface area contributed by atoms with Crippen LogP contribution in [-0.2, 0) is 9.53 Å². The second-order valence-electron chi connectivity index (χ2n) is 8.25. The molecule has 2 rings (SSSR count). The smallest absolute Gasteiger partial charge is 0.330 e. The van der Waals surface area contributed by atoms with E-state index in [1.165, 1.54) is 25.7 Å². The summed E-state index contributed by atoms with van der Waals surface area (Å²) in [6.07, 6.45) is 17.3. The second-order valence-corrected chi connectivity index (χ2v) is 8.25. The van der Waals surface area contributed by atoms with Gasteiger partial charge in [0.15, 0.2) is 5.60 Å². The third kappa shape index (κ3) is 8.94. The molecule has 1 aliphatic rings. The van der Waals surface area contributed by atoms with Crippen molar-refractivity contribution in [3.05, 3.63) is 66.3 Å². The molecule has 0 aromatic heterocycles. The first-order valence-electron chi connectivity index (χ1n) is 11.5. The maximum Gasteiger partial charge on any atom is 0.330 e. The van der Waals surface area contributed by atoms with Crippen molar-refractivity contribution in [3.63, 3.8) is 0 Å². The van der Waals surface area contributed by atoms with E-state index in [1.807, 2.05) is 30.4 Å². The van der Waals surface area contributed by atoms with Crippen LogP contribution in [0.15, 0.2) is 60.7 Å². The SMILES string of the molecule is C=C(CCCCCCCCCCCOC1(C#N)C=CC(c2ccccc2)=CC1)C(=O)O. The first-order chi connectivity index (χ1) is 15.1. The van der Waals surface area contributed by atoms with Crippen LogP contribution in [0.1, 0.15) is 76.2 Å². The molecule has 0 aliphatic heterocycles. The van der Waals surface area contributed by atoms with E-state index in [0.29, 0.717) is 25.0 Å². The van der Waals surface area contributed by atoms with E-state index in [-0.39, 0.29) is 0 Å². The van der Waals surface area contributed by atoms with Crippen molar-refractivity contribution in [3.8, 4) is 6.07 Å². The molecule has 1 aromatic rings. The molecule has 0 heterocycles. The molecule has 166 valence electrons. The number of carboxylic acids is 1. The lowest BCUT2D eigenvalue weighted by atomic mass is 9.90. The van der Waals surface area contributed by atoms with Crippen LogP contribution < -0.4 is 0 Å². The first-order valence-corrected chi connectivity index (χ1v) is 11.5. The Bertz CT molecular complexity index is 804. The fourth-order valence-corrected chi connectivity index (χ4v) is 3.73. The van der Waals surface area contributed by atoms with Gasteiger partial charge in [-0.2, -0.15) is 5.26 Å². The van der Waals surface area contributed by atoms with E-state index in [2.05, 4.69) is 30.9 Å². The summed E-state index contributed by atoms with van der Waals surface area (Å²) in [4.78, 5) is 10.7. The molecule has 0 saturated carbocycles. The van der Waals surface area contributed by atoms with Gasteiger partial charge in [0.25, 0.3) is 0 Å². The Balaban J connectivity index is 1.50. The largest absolute Gasteiger partial charge is 0.478 e. The molecular weight excluding hydrogens is 386 g/mol. The van der Waals surface area contributed by atoms with E-state index < -0.39 is 11.6 Å². The zero-order valence-electron chi connectivity index (χ0n) is 18.5. The summed E-state index contributed by atoms with van der Waals surface area (Å²) in [5.74, 6) is -0.877. The Labute approximate surface area is 186 Å². The molecule has 1 aromatic carbocycles. The Morgan fingerprint density at radius 3 is 2.19 bits per heavy atom. The maximum atomic E-state index is 10.7. The number of carboxylic acid groups (broad SMARTS) is 1. The van der Waals surface area contributed by atoms with Crippen molar-refractivity contribution >= 4 is 11.5 Å². The van der Waals surface area contributed by atoms with Crippen molar-refractivity contribution in [1.29, 1.82) is 5.26 Å². The highest BCUT2D eigenvalue weighted by Gasteiger charge is 2.29. The zero-order chi connectivity index (χ0) is 22.4. The highest BCUT2D eigenvalue weighted by atomic mass is 16.5. The number of rotatable bonds is 15. The molecule has 0 saturated heterocycles. The molecule has 0 fully saturated rings. The Morgan fingerprint density at radius 2 is 1.65 bits per heavy atom. The summed E-state index contributed by atoms with van der Waals surface area (Å²) in [5.41, 5.74) is 1.79. The van der Waals surface area contributed by atoms with E-state index >= 15 is 0 Å². The fourth-order valence-electron chi connectivity index (χ4n) is 3.73. The van der Waals surface area contributed by atoms with Gasteiger partial charge in [-0.1, -0.05) is 94.0 Å². The van der Waals surface area contributed by atoms with E-state index in [9.17, 15) is 10.1 Å². The standard InChI is InChI=1S/C27H35NO3/c1-23(26(29)30)14-10-7-5-3-2-4-6-8-13-21-31-27(22-28)19-17-25(18-20-27)24-15-11-9-12-16-24/h9,11-12,15-19H,1-8,10,13-14,20-21H2,(H,29,30). The summed E-state index contributed by atoms with van der Waals surface area (Å²) >= 11 is 0. The van der Waals surface area contributed by atoms with Gasteiger partial charge in [0.05, 0.1) is 0 Å². The zero-order valence-corrected chi connectivity index (χ0v) is 18.5. The summed E-state index contributed by atoms with van der Waals surface area (Å²) in [6, 6.07) is 12.5. The summed E-state index contributed by atoms with van der Waals surface area (Å²) in [5, 5.41) is 18.4. The molecule has 1 unspecified atom stereocenters. The Kier molecular flexibility index (Phi) is 10.8. The molecule has 0 bridgehead atoms. The number of benzene rings is 1. The van der Waals surface area contributed by atoms with Crippen LogP contribution >= 0.6 is 0 Å². The number of allylic oxidation sites excluding steroid dienone is 2. The molecule has 1 atom stereocenters. The lowest BCUT2D eigenvalue weighted by molar-refractivity contribution is -0.132. The molecule has 0 spiro atoms. The predicted octanol–water partition coefficient (Wildman–Crippen LogP) is 6.85. The van der Waals surface area contributed by atoms with Gasteiger partial charge in [0.2, 0.25) is 0 Å². The molecular formula is C27H35NO3. The van der Waals surface area contributed by atoms with Crippen molar-refractivity contribution < 1.29 is 14.6 Å². The Morgan fingerprint density at radius 1 is 1.03 bits per heavy atom. The number of ether oxygens (including phenoxy) is 1. The quantitative estimate of drug-likeness (QED) is 0.248. The topological polar surface area (TPSA) is 70.3 Å². The third-order valence-corrected chi connectivity index (χ3v) is 5.74. The van der Waals surface area contributed by atoms with Crippen molar-refractivity contribution in [2.45, 2.75) is 76.2 Å². The van der Waals surface area contributed by atoms with Gasteiger partial charge in [-0.25, -0.2) is 4.79 Å². The molecule has 0 radical (unpaired) electrons. The van der Waals surface area contributed by atoms with Crippen LogP contribution in [-0.4, -0.2) is 23.3 Å². The summed E-state index contributed by atoms with van der Waals surface area (Å²) in [7, 11) is 0. The lowest BCUT2D eigenvalue weighted by Crippen LogP contribution is -2.29. The lowest BCUT2D eigenvalue weighted by Gasteiger charge is -2.25. The number of hydrogen-bond donors (Lipinski definition) is 1. The first kappa shape index (κ1) is 24.6. The van der Waals surface area contributed by atoms with Crippen LogP contribution in [0.5, 0.6) is 0 Å². The van der Waals surface area contributed by atoms with E-state index in [4.69, 9.17) is 9.84 Å². The van der Waals surface area contributed by atoms with Crippen LogP contribution in [0, 0.1) is 11.3 Å². The minimum absolute atomic E-state index is 0.316. The minimum atomic E-state index is -0.877. The van der Waals surface area contributed by atoms with Gasteiger partial charge >= 0.3 is 5.97 Å². The molecule has 1 N–H and O–H groups in total. The van der Waals surface area contributed by atoms with Gasteiger partial charge in [0.1, 0.15) is 6.07 Å². The minimum Gasteiger partial charge on any atom is -0.478 e. The summed E-state index contributed by atoms with van der Waals surface area (Å²) < 4.78 is 5.97. The van der Waals surface area contributed by atoms with E-state index in [1.54, 1.807) is 0 Å². The molecule has 1 aliphatic carbocycles. The van der Waals surface area contributed by atoms with Crippen LogP contribution in [0.2, 0.25) is 0 Å². The average molecular weight is 422 g/mol. The van der Waals surface area contributed by atoms with Crippen LogP contribution in [0.25, 0.3) is 5.57 Å². The van der Waals surface area contributed by atoms with E-state index in [0.717, 1.165) is 43.2 Å². The molecule has 0 amide bonds. The average Bonchev–Trinajstić information content (AvgIpc) is 2.80. The molecule has 31 heavy (non-hydrogen) atoms. The highest BCUT2D eigenvalue weighted by Crippen LogP contribution is 2.29. The Hall–Kier alpha value is -2.64. The van der Waals surface area contributed by atoms with Crippen LogP contribution in [0.4, 0.5) is 0 Å². The normalized spacial score (nSPS) is 17.7. The third-order valence-electron chi connectivity index (χ3n) is 5.74. The second kappa shape index (κ2) is 13.6. The number of aliphatic carboxylic acids is 1. The number of nitriles is 1. The number of unbranched alkanes of at least 4 members (excludes halogenated alkanes) is 8. The van der Waals surface area contributed by atoms with Crippen molar-refractivity contribution in [2.75, 3.05) is 6.61 Å². The number of nitrogens with zero attached hydrogens (tertiary/aromatic N) is 1. The fraction of sp³-hybridized carbons (Fsp3) is 0.481. The predicted molar refractivity (Wildman–Crippen MR) is 125 cm³/mol.